The SMILES string of the molecule is CC(F)=C(C(=O)NCN(C)C)C(F)=C(C)OCc1nc2cc(Cl)ccc2s1. The molecule has 9 heteroatoms. The van der Waals surface area contributed by atoms with E-state index in [4.69, 9.17) is 16.3 Å². The molecule has 2 rings (SSSR count). The van der Waals surface area contributed by atoms with Crippen molar-refractivity contribution >= 4 is 39.1 Å². The highest BCUT2D eigenvalue weighted by molar-refractivity contribution is 7.18. The Labute approximate surface area is 165 Å². The molecule has 0 aliphatic carbocycles. The van der Waals surface area contributed by atoms with Crippen molar-refractivity contribution < 1.29 is 18.3 Å². The quantitative estimate of drug-likeness (QED) is 0.312. The highest BCUT2D eigenvalue weighted by Crippen LogP contribution is 2.27. The highest BCUT2D eigenvalue weighted by Gasteiger charge is 2.22. The zero-order chi connectivity index (χ0) is 20.1. The minimum atomic E-state index is -1.05. The van der Waals surface area contributed by atoms with Gasteiger partial charge in [-0.25, -0.2) is 13.8 Å². The van der Waals surface area contributed by atoms with Gasteiger partial charge in [0, 0.05) is 5.02 Å². The summed E-state index contributed by atoms with van der Waals surface area (Å²) in [5.41, 5.74) is 0.0434. The summed E-state index contributed by atoms with van der Waals surface area (Å²) in [6.45, 7) is 2.50. The van der Waals surface area contributed by atoms with E-state index in [0.29, 0.717) is 10.0 Å². The van der Waals surface area contributed by atoms with Crippen molar-refractivity contribution in [3.63, 3.8) is 0 Å². The van der Waals surface area contributed by atoms with E-state index in [9.17, 15) is 13.6 Å². The standard InChI is InChI=1S/C18H20ClF2N3O2S/c1-10(20)16(18(25)22-9-24(3)4)17(21)11(2)26-8-15-23-13-7-12(19)5-6-14(13)27-15/h5-7H,8-9H2,1-4H3,(H,22,25). The number of carbonyl (C=O) groups excluding carboxylic acids is 1. The van der Waals surface area contributed by atoms with Gasteiger partial charge in [-0.3, -0.25) is 9.69 Å². The zero-order valence-electron chi connectivity index (χ0n) is 15.4. The Morgan fingerprint density at radius 1 is 1.33 bits per heavy atom. The molecule has 0 spiro atoms. The van der Waals surface area contributed by atoms with Crippen molar-refractivity contribution in [1.82, 2.24) is 15.2 Å². The van der Waals surface area contributed by atoms with E-state index >= 15 is 0 Å². The number of amides is 1. The number of rotatable bonds is 7. The molecule has 1 amide bonds. The van der Waals surface area contributed by atoms with E-state index in [1.54, 1.807) is 31.1 Å². The summed E-state index contributed by atoms with van der Waals surface area (Å²) >= 11 is 7.31. The molecule has 1 aromatic heterocycles. The second kappa shape index (κ2) is 9.25. The molecule has 0 saturated carbocycles. The number of halogens is 3. The van der Waals surface area contributed by atoms with Crippen LogP contribution in [-0.2, 0) is 16.1 Å². The third-order valence-corrected chi connectivity index (χ3v) is 4.71. The van der Waals surface area contributed by atoms with Gasteiger partial charge in [0.2, 0.25) is 0 Å². The lowest BCUT2D eigenvalue weighted by Gasteiger charge is -2.13. The van der Waals surface area contributed by atoms with E-state index in [0.717, 1.165) is 17.1 Å². The minimum Gasteiger partial charge on any atom is -0.488 e. The molecule has 0 bridgehead atoms. The van der Waals surface area contributed by atoms with E-state index in [2.05, 4.69) is 10.3 Å². The first-order valence-corrected chi connectivity index (χ1v) is 9.22. The molecule has 1 N–H and O–H groups in total. The molecule has 0 atom stereocenters. The number of nitrogens with zero attached hydrogens (tertiary/aromatic N) is 2. The average Bonchev–Trinajstić information content (AvgIpc) is 2.99. The summed E-state index contributed by atoms with van der Waals surface area (Å²) in [7, 11) is 3.44. The van der Waals surface area contributed by atoms with Crippen LogP contribution in [0.1, 0.15) is 18.9 Å². The molecule has 1 aromatic carbocycles. The predicted molar refractivity (Wildman–Crippen MR) is 104 cm³/mol. The summed E-state index contributed by atoms with van der Waals surface area (Å²) < 4.78 is 34.6. The van der Waals surface area contributed by atoms with Crippen LogP contribution < -0.4 is 5.32 Å². The molecule has 5 nitrogen and oxygen atoms in total. The fourth-order valence-corrected chi connectivity index (χ4v) is 3.17. The lowest BCUT2D eigenvalue weighted by Crippen LogP contribution is -2.34. The maximum absolute atomic E-state index is 14.6. The molecule has 146 valence electrons. The van der Waals surface area contributed by atoms with Gasteiger partial charge in [0.15, 0.2) is 5.83 Å². The molecule has 27 heavy (non-hydrogen) atoms. The summed E-state index contributed by atoms with van der Waals surface area (Å²) in [6.07, 6.45) is 0. The lowest BCUT2D eigenvalue weighted by molar-refractivity contribution is -0.118. The van der Waals surface area contributed by atoms with Crippen molar-refractivity contribution in [1.29, 1.82) is 0 Å². The maximum Gasteiger partial charge on any atom is 0.258 e. The van der Waals surface area contributed by atoms with E-state index in [1.165, 1.54) is 18.3 Å². The van der Waals surface area contributed by atoms with E-state index in [-0.39, 0.29) is 19.0 Å². The summed E-state index contributed by atoms with van der Waals surface area (Å²) in [4.78, 5) is 18.1. The molecule has 0 unspecified atom stereocenters. The Morgan fingerprint density at radius 3 is 2.67 bits per heavy atom. The van der Waals surface area contributed by atoms with Crippen molar-refractivity contribution in [2.45, 2.75) is 20.5 Å². The summed E-state index contributed by atoms with van der Waals surface area (Å²) in [5, 5.41) is 3.61. The fraction of sp³-hybridized carbons (Fsp3) is 0.333. The van der Waals surface area contributed by atoms with E-state index < -0.39 is 23.1 Å². The number of allylic oxidation sites excluding steroid dienone is 2. The summed E-state index contributed by atoms with van der Waals surface area (Å²) in [5.74, 6) is -3.02. The Hall–Kier alpha value is -2.03. The minimum absolute atomic E-state index is 0.00580. The fourth-order valence-electron chi connectivity index (χ4n) is 2.15. The maximum atomic E-state index is 14.6. The van der Waals surface area contributed by atoms with Crippen LogP contribution in [0.4, 0.5) is 8.78 Å². The second-order valence-corrected chi connectivity index (χ2v) is 7.58. The monoisotopic (exact) mass is 415 g/mol. The number of nitrogens with one attached hydrogen (secondary N) is 1. The zero-order valence-corrected chi connectivity index (χ0v) is 17.0. The number of hydrogen-bond donors (Lipinski definition) is 1. The predicted octanol–water partition coefficient (Wildman–Crippen LogP) is 4.55. The first-order valence-electron chi connectivity index (χ1n) is 8.03. The third kappa shape index (κ3) is 5.72. The van der Waals surface area contributed by atoms with Crippen LogP contribution in [0.25, 0.3) is 10.2 Å². The van der Waals surface area contributed by atoms with Gasteiger partial charge in [-0.1, -0.05) is 11.6 Å². The molecule has 2 aromatic rings. The molecule has 0 aliphatic rings. The normalized spacial score (nSPS) is 13.5. The van der Waals surface area contributed by atoms with Crippen LogP contribution >= 0.6 is 22.9 Å². The van der Waals surface area contributed by atoms with Crippen molar-refractivity contribution in [3.8, 4) is 0 Å². The average molecular weight is 416 g/mol. The van der Waals surface area contributed by atoms with Gasteiger partial charge >= 0.3 is 0 Å². The van der Waals surface area contributed by atoms with Crippen LogP contribution in [0.15, 0.2) is 41.2 Å². The highest BCUT2D eigenvalue weighted by atomic mass is 35.5. The third-order valence-electron chi connectivity index (χ3n) is 3.46. The van der Waals surface area contributed by atoms with Crippen LogP contribution in [0.5, 0.6) is 0 Å². The van der Waals surface area contributed by atoms with Crippen LogP contribution in [0.2, 0.25) is 5.02 Å². The smallest absolute Gasteiger partial charge is 0.258 e. The molecule has 0 radical (unpaired) electrons. The number of hydrogen-bond acceptors (Lipinski definition) is 5. The molecular formula is C18H20ClF2N3O2S. The Bertz CT molecular complexity index is 905. The van der Waals surface area contributed by atoms with Gasteiger partial charge in [-0.05, 0) is 46.1 Å². The van der Waals surface area contributed by atoms with Crippen LogP contribution in [0, 0.1) is 0 Å². The van der Waals surface area contributed by atoms with Gasteiger partial charge in [-0.2, -0.15) is 0 Å². The number of fused-ring (bicyclic) bond motifs is 1. The molecule has 1 heterocycles. The van der Waals surface area contributed by atoms with Crippen molar-refractivity contribution in [2.24, 2.45) is 0 Å². The number of aromatic nitrogens is 1. The number of carbonyl (C=O) groups is 1. The van der Waals surface area contributed by atoms with Crippen molar-refractivity contribution in [2.75, 3.05) is 20.8 Å². The molecule has 0 saturated heterocycles. The number of thiazole rings is 1. The first kappa shape index (κ1) is 21.3. The Balaban J connectivity index is 2.14. The van der Waals surface area contributed by atoms with Gasteiger partial charge in [0.1, 0.15) is 28.8 Å². The second-order valence-electron chi connectivity index (χ2n) is 6.03. The van der Waals surface area contributed by atoms with Gasteiger partial charge in [0.25, 0.3) is 5.91 Å². The lowest BCUT2D eigenvalue weighted by atomic mass is 10.2. The van der Waals surface area contributed by atoms with Gasteiger partial charge in [0.05, 0.1) is 16.9 Å². The first-order chi connectivity index (χ1) is 12.7. The van der Waals surface area contributed by atoms with E-state index in [1.807, 2.05) is 6.07 Å². The topological polar surface area (TPSA) is 54.5 Å². The summed E-state index contributed by atoms with van der Waals surface area (Å²) in [6, 6.07) is 5.32. The Morgan fingerprint density at radius 2 is 2.04 bits per heavy atom. The Kier molecular flexibility index (Phi) is 7.29. The van der Waals surface area contributed by atoms with Crippen LogP contribution in [-0.4, -0.2) is 36.6 Å². The van der Waals surface area contributed by atoms with Crippen molar-refractivity contribution in [3.05, 3.63) is 51.2 Å². The molecular weight excluding hydrogens is 396 g/mol. The largest absolute Gasteiger partial charge is 0.488 e. The molecule has 0 fully saturated rings. The van der Waals surface area contributed by atoms with Crippen LogP contribution in [0.3, 0.4) is 0 Å². The molecule has 0 aliphatic heterocycles. The van der Waals surface area contributed by atoms with Gasteiger partial charge in [-0.15, -0.1) is 11.3 Å². The number of ether oxygens (including phenoxy) is 1. The van der Waals surface area contributed by atoms with Gasteiger partial charge < -0.3 is 10.1 Å². The number of benzene rings is 1.